The molecule has 1 saturated heterocycles. The molecule has 1 aromatic rings. The van der Waals surface area contributed by atoms with Crippen LogP contribution in [0.4, 0.5) is 0 Å². The minimum atomic E-state index is 0.0286. The van der Waals surface area contributed by atoms with E-state index >= 15 is 0 Å². The van der Waals surface area contributed by atoms with Crippen LogP contribution in [0.3, 0.4) is 0 Å². The van der Waals surface area contributed by atoms with Crippen molar-refractivity contribution in [3.8, 4) is 0 Å². The number of carbonyl (C=O) groups excluding carboxylic acids is 1. The molecule has 1 aliphatic rings. The lowest BCUT2D eigenvalue weighted by molar-refractivity contribution is 0.0934. The third kappa shape index (κ3) is 5.44. The average molecular weight is 353 g/mol. The van der Waals surface area contributed by atoms with Crippen LogP contribution < -0.4 is 5.32 Å². The quantitative estimate of drug-likeness (QED) is 0.878. The van der Waals surface area contributed by atoms with E-state index in [2.05, 4.69) is 40.0 Å². The highest BCUT2D eigenvalue weighted by Gasteiger charge is 2.20. The molecule has 0 atom stereocenters. The van der Waals surface area contributed by atoms with E-state index in [0.29, 0.717) is 5.92 Å². The Balaban J connectivity index is 1.73. The SMILES string of the molecule is CC(C)CN1CCC(CNC(=O)c2cccc(Br)c2)CC1. The first kappa shape index (κ1) is 16.5. The van der Waals surface area contributed by atoms with Crippen LogP contribution in [0, 0.1) is 11.8 Å². The lowest BCUT2D eigenvalue weighted by Crippen LogP contribution is -2.40. The Kier molecular flexibility index (Phi) is 6.24. The van der Waals surface area contributed by atoms with Gasteiger partial charge in [0.25, 0.3) is 5.91 Å². The summed E-state index contributed by atoms with van der Waals surface area (Å²) >= 11 is 3.40. The Morgan fingerprint density at radius 1 is 1.38 bits per heavy atom. The van der Waals surface area contributed by atoms with Crippen LogP contribution in [-0.4, -0.2) is 37.0 Å². The van der Waals surface area contributed by atoms with E-state index in [1.54, 1.807) is 0 Å². The van der Waals surface area contributed by atoms with Gasteiger partial charge in [0, 0.05) is 23.1 Å². The molecule has 0 aliphatic carbocycles. The van der Waals surface area contributed by atoms with Crippen molar-refractivity contribution < 1.29 is 4.79 Å². The van der Waals surface area contributed by atoms with Crippen molar-refractivity contribution in [3.63, 3.8) is 0 Å². The first-order chi connectivity index (χ1) is 10.0. The topological polar surface area (TPSA) is 32.3 Å². The smallest absolute Gasteiger partial charge is 0.251 e. The predicted molar refractivity (Wildman–Crippen MR) is 90.5 cm³/mol. The molecular weight excluding hydrogens is 328 g/mol. The maximum absolute atomic E-state index is 12.1. The Hall–Kier alpha value is -0.870. The minimum absolute atomic E-state index is 0.0286. The number of carbonyl (C=O) groups is 1. The molecule has 1 heterocycles. The van der Waals surface area contributed by atoms with Crippen LogP contribution in [0.2, 0.25) is 0 Å². The maximum atomic E-state index is 12.1. The van der Waals surface area contributed by atoms with Crippen LogP contribution in [0.1, 0.15) is 37.0 Å². The highest BCUT2D eigenvalue weighted by Crippen LogP contribution is 2.18. The molecule has 1 aliphatic heterocycles. The number of benzene rings is 1. The molecule has 0 radical (unpaired) electrons. The number of rotatable bonds is 5. The number of halogens is 1. The second-order valence-electron chi connectivity index (χ2n) is 6.36. The molecule has 4 heteroatoms. The van der Waals surface area contributed by atoms with Gasteiger partial charge in [-0.15, -0.1) is 0 Å². The van der Waals surface area contributed by atoms with E-state index in [1.165, 1.54) is 19.4 Å². The largest absolute Gasteiger partial charge is 0.352 e. The van der Waals surface area contributed by atoms with Gasteiger partial charge in [-0.05, 0) is 56.0 Å². The van der Waals surface area contributed by atoms with Gasteiger partial charge in [0.05, 0.1) is 0 Å². The van der Waals surface area contributed by atoms with Crippen molar-refractivity contribution in [1.29, 1.82) is 0 Å². The summed E-state index contributed by atoms with van der Waals surface area (Å²) in [5.74, 6) is 1.38. The van der Waals surface area contributed by atoms with Crippen LogP contribution in [-0.2, 0) is 0 Å². The Bertz CT molecular complexity index is 468. The van der Waals surface area contributed by atoms with Gasteiger partial charge in [-0.3, -0.25) is 4.79 Å². The number of nitrogens with zero attached hydrogens (tertiary/aromatic N) is 1. The zero-order valence-electron chi connectivity index (χ0n) is 12.9. The van der Waals surface area contributed by atoms with E-state index in [9.17, 15) is 4.79 Å². The molecule has 1 fully saturated rings. The second-order valence-corrected chi connectivity index (χ2v) is 7.27. The summed E-state index contributed by atoms with van der Waals surface area (Å²) in [6.07, 6.45) is 2.37. The highest BCUT2D eigenvalue weighted by atomic mass is 79.9. The molecule has 0 unspecified atom stereocenters. The van der Waals surface area contributed by atoms with Gasteiger partial charge in [-0.1, -0.05) is 35.8 Å². The fraction of sp³-hybridized carbons (Fsp3) is 0.588. The summed E-state index contributed by atoms with van der Waals surface area (Å²) in [5, 5.41) is 3.07. The summed E-state index contributed by atoms with van der Waals surface area (Å²) in [5.41, 5.74) is 0.724. The summed E-state index contributed by atoms with van der Waals surface area (Å²) in [4.78, 5) is 14.6. The molecule has 1 N–H and O–H groups in total. The average Bonchev–Trinajstić information content (AvgIpc) is 2.45. The second kappa shape index (κ2) is 7.95. The number of hydrogen-bond donors (Lipinski definition) is 1. The van der Waals surface area contributed by atoms with Gasteiger partial charge in [0.2, 0.25) is 0 Å². The lowest BCUT2D eigenvalue weighted by Gasteiger charge is -2.33. The molecule has 1 amide bonds. The van der Waals surface area contributed by atoms with Gasteiger partial charge in [-0.25, -0.2) is 0 Å². The third-order valence-corrected chi connectivity index (χ3v) is 4.46. The van der Waals surface area contributed by atoms with Crippen molar-refractivity contribution in [2.75, 3.05) is 26.2 Å². The standard InChI is InChI=1S/C17H25BrN2O/c1-13(2)12-20-8-6-14(7-9-20)11-19-17(21)15-4-3-5-16(18)10-15/h3-5,10,13-14H,6-9,11-12H2,1-2H3,(H,19,21). The first-order valence-corrected chi connectivity index (χ1v) is 8.60. The molecular formula is C17H25BrN2O. The Morgan fingerprint density at radius 3 is 2.71 bits per heavy atom. The molecule has 0 aromatic heterocycles. The van der Waals surface area contributed by atoms with Crippen molar-refractivity contribution in [1.82, 2.24) is 10.2 Å². The minimum Gasteiger partial charge on any atom is -0.352 e. The molecule has 3 nitrogen and oxygen atoms in total. The summed E-state index contributed by atoms with van der Waals surface area (Å²) in [6.45, 7) is 8.85. The molecule has 0 saturated carbocycles. The van der Waals surface area contributed by atoms with Gasteiger partial charge >= 0.3 is 0 Å². The predicted octanol–water partition coefficient (Wildman–Crippen LogP) is 3.55. The van der Waals surface area contributed by atoms with E-state index in [4.69, 9.17) is 0 Å². The van der Waals surface area contributed by atoms with Crippen molar-refractivity contribution in [2.24, 2.45) is 11.8 Å². The summed E-state index contributed by atoms with van der Waals surface area (Å²) < 4.78 is 0.942. The number of hydrogen-bond acceptors (Lipinski definition) is 2. The molecule has 0 spiro atoms. The fourth-order valence-electron chi connectivity index (χ4n) is 2.86. The lowest BCUT2D eigenvalue weighted by atomic mass is 9.96. The van der Waals surface area contributed by atoms with Gasteiger partial charge < -0.3 is 10.2 Å². The summed E-state index contributed by atoms with van der Waals surface area (Å²) in [7, 11) is 0. The number of nitrogens with one attached hydrogen (secondary N) is 1. The van der Waals surface area contributed by atoms with Crippen LogP contribution in [0.15, 0.2) is 28.7 Å². The van der Waals surface area contributed by atoms with Crippen LogP contribution in [0.25, 0.3) is 0 Å². The number of amides is 1. The molecule has 2 rings (SSSR count). The zero-order chi connectivity index (χ0) is 15.2. The van der Waals surface area contributed by atoms with E-state index < -0.39 is 0 Å². The Morgan fingerprint density at radius 2 is 2.10 bits per heavy atom. The van der Waals surface area contributed by atoms with Crippen molar-refractivity contribution >= 4 is 21.8 Å². The Labute approximate surface area is 136 Å². The molecule has 0 bridgehead atoms. The van der Waals surface area contributed by atoms with Crippen LogP contribution >= 0.6 is 15.9 Å². The van der Waals surface area contributed by atoms with Crippen molar-refractivity contribution in [3.05, 3.63) is 34.3 Å². The highest BCUT2D eigenvalue weighted by molar-refractivity contribution is 9.10. The zero-order valence-corrected chi connectivity index (χ0v) is 14.5. The third-order valence-electron chi connectivity index (χ3n) is 3.97. The number of piperidine rings is 1. The molecule has 116 valence electrons. The molecule has 21 heavy (non-hydrogen) atoms. The van der Waals surface area contributed by atoms with E-state index in [1.807, 2.05) is 24.3 Å². The number of likely N-dealkylation sites (tertiary alicyclic amines) is 1. The van der Waals surface area contributed by atoms with Gasteiger partial charge in [0.1, 0.15) is 0 Å². The van der Waals surface area contributed by atoms with Crippen molar-refractivity contribution in [2.45, 2.75) is 26.7 Å². The van der Waals surface area contributed by atoms with E-state index in [-0.39, 0.29) is 5.91 Å². The monoisotopic (exact) mass is 352 g/mol. The normalized spacial score (nSPS) is 17.1. The molecule has 1 aromatic carbocycles. The summed E-state index contributed by atoms with van der Waals surface area (Å²) in [6, 6.07) is 7.54. The maximum Gasteiger partial charge on any atom is 0.251 e. The van der Waals surface area contributed by atoms with Gasteiger partial charge in [-0.2, -0.15) is 0 Å². The van der Waals surface area contributed by atoms with E-state index in [0.717, 1.165) is 35.6 Å². The first-order valence-electron chi connectivity index (χ1n) is 7.80. The fourth-order valence-corrected chi connectivity index (χ4v) is 3.26. The van der Waals surface area contributed by atoms with Crippen LogP contribution in [0.5, 0.6) is 0 Å². The van der Waals surface area contributed by atoms with Gasteiger partial charge in [0.15, 0.2) is 0 Å².